The Morgan fingerprint density at radius 1 is 1.00 bits per heavy atom. The van der Waals surface area contributed by atoms with Crippen LogP contribution in [0.4, 0.5) is 0 Å². The predicted molar refractivity (Wildman–Crippen MR) is 145 cm³/mol. The number of aromatic amines is 1. The van der Waals surface area contributed by atoms with Crippen LogP contribution in [0.3, 0.4) is 0 Å². The molecule has 0 aliphatic rings. The Morgan fingerprint density at radius 2 is 1.65 bits per heavy atom. The number of hydrogen-bond donors (Lipinski definition) is 8. The Labute approximate surface area is 221 Å². The van der Waals surface area contributed by atoms with Gasteiger partial charge in [0.1, 0.15) is 18.1 Å². The summed E-state index contributed by atoms with van der Waals surface area (Å²) in [7, 11) is 0. The molecule has 0 radical (unpaired) electrons. The summed E-state index contributed by atoms with van der Waals surface area (Å²) in [6.45, 7) is 3.77. The summed E-state index contributed by atoms with van der Waals surface area (Å²) in [6.07, 6.45) is 3.32. The number of carboxylic acid groups (broad SMARTS) is 1. The van der Waals surface area contributed by atoms with E-state index in [0.717, 1.165) is 16.5 Å². The molecule has 3 amide bonds. The van der Waals surface area contributed by atoms with E-state index in [-0.39, 0.29) is 24.5 Å². The molecular weight excluding hydrogens is 496 g/mol. The highest BCUT2D eigenvalue weighted by Gasteiger charge is 2.31. The Balaban J connectivity index is 2.28. The average molecular weight is 535 g/mol. The van der Waals surface area contributed by atoms with Crippen molar-refractivity contribution in [1.29, 1.82) is 0 Å². The van der Waals surface area contributed by atoms with Crippen LogP contribution in [0.5, 0.6) is 0 Å². The molecule has 37 heavy (non-hydrogen) atoms. The molecule has 0 spiro atoms. The number of carbonyl (C=O) groups excluding carboxylic acids is 3. The van der Waals surface area contributed by atoms with Crippen molar-refractivity contribution >= 4 is 47.2 Å². The van der Waals surface area contributed by atoms with Crippen LogP contribution < -0.4 is 27.4 Å². The summed E-state index contributed by atoms with van der Waals surface area (Å²) < 4.78 is 0. The summed E-state index contributed by atoms with van der Waals surface area (Å²) in [4.78, 5) is 53.8. The van der Waals surface area contributed by atoms with Gasteiger partial charge in [0.25, 0.3) is 0 Å². The van der Waals surface area contributed by atoms with Gasteiger partial charge >= 0.3 is 5.97 Å². The van der Waals surface area contributed by atoms with Crippen LogP contribution in [-0.2, 0) is 25.6 Å². The van der Waals surface area contributed by atoms with Gasteiger partial charge < -0.3 is 37.5 Å². The zero-order valence-electron chi connectivity index (χ0n) is 21.2. The summed E-state index contributed by atoms with van der Waals surface area (Å²) in [6, 6.07) is 3.46. The molecule has 0 saturated carbocycles. The maximum Gasteiger partial charge on any atom is 0.326 e. The number of carboxylic acids is 1. The normalized spacial score (nSPS) is 14.5. The van der Waals surface area contributed by atoms with Gasteiger partial charge in [-0.25, -0.2) is 4.79 Å². The highest BCUT2D eigenvalue weighted by molar-refractivity contribution is 7.80. The summed E-state index contributed by atoms with van der Waals surface area (Å²) in [5, 5.41) is 18.3. The van der Waals surface area contributed by atoms with Crippen molar-refractivity contribution in [3.63, 3.8) is 0 Å². The fraction of sp³-hybridized carbons (Fsp3) is 0.520. The first-order valence-electron chi connectivity index (χ1n) is 12.3. The lowest BCUT2D eigenvalue weighted by Gasteiger charge is -2.26. The molecule has 2 aromatic rings. The number of unbranched alkanes of at least 4 members (excludes halogenated alkanes) is 1. The number of amides is 3. The van der Waals surface area contributed by atoms with Gasteiger partial charge in [-0.05, 0) is 43.4 Å². The fourth-order valence-electron chi connectivity index (χ4n) is 3.89. The number of para-hydroxylation sites is 1. The van der Waals surface area contributed by atoms with Gasteiger partial charge in [-0.2, -0.15) is 12.6 Å². The second-order valence-corrected chi connectivity index (χ2v) is 9.69. The standard InChI is InChI=1S/C25H38N6O5S/c1-14(2)21(25(35)36)31-23(33)19(9-5-6-10-26)29-24(34)20(30-22(32)17(27)13-37)11-15-12-28-18-8-4-3-7-16(15)18/h3-4,7-8,12,14,17,19-21,28,37H,5-6,9-11,13,26-27H2,1-2H3,(H,29,34)(H,30,32)(H,31,33)(H,35,36). The predicted octanol–water partition coefficient (Wildman–Crippen LogP) is 0.292. The maximum absolute atomic E-state index is 13.4. The molecule has 4 unspecified atom stereocenters. The Hall–Kier alpha value is -3.09. The second kappa shape index (κ2) is 14.6. The minimum absolute atomic E-state index is 0.0865. The Bertz CT molecular complexity index is 1070. The van der Waals surface area contributed by atoms with Crippen molar-refractivity contribution in [3.05, 3.63) is 36.0 Å². The molecule has 0 saturated heterocycles. The summed E-state index contributed by atoms with van der Waals surface area (Å²) >= 11 is 4.06. The topological polar surface area (TPSA) is 192 Å². The van der Waals surface area contributed by atoms with Crippen LogP contribution in [-0.4, -0.2) is 70.2 Å². The van der Waals surface area contributed by atoms with Crippen LogP contribution >= 0.6 is 12.6 Å². The third-order valence-electron chi connectivity index (χ3n) is 6.08. The number of rotatable bonds is 15. The number of H-pyrrole nitrogens is 1. The molecule has 12 heteroatoms. The van der Waals surface area contributed by atoms with Gasteiger partial charge in [0.05, 0.1) is 6.04 Å². The quantitative estimate of drug-likeness (QED) is 0.119. The van der Waals surface area contributed by atoms with Gasteiger partial charge in [0, 0.05) is 29.3 Å². The first-order valence-corrected chi connectivity index (χ1v) is 13.0. The SMILES string of the molecule is CC(C)C(NC(=O)C(CCCCN)NC(=O)C(Cc1c[nH]c2ccccc12)NC(=O)C(N)CS)C(=O)O. The van der Waals surface area contributed by atoms with Crippen LogP contribution in [0.1, 0.15) is 38.7 Å². The van der Waals surface area contributed by atoms with Crippen LogP contribution in [0.15, 0.2) is 30.5 Å². The van der Waals surface area contributed by atoms with Crippen molar-refractivity contribution in [2.24, 2.45) is 17.4 Å². The fourth-order valence-corrected chi connectivity index (χ4v) is 4.06. The number of aliphatic carboxylic acids is 1. The van der Waals surface area contributed by atoms with Crippen molar-refractivity contribution < 1.29 is 24.3 Å². The average Bonchev–Trinajstić information content (AvgIpc) is 3.27. The first-order chi connectivity index (χ1) is 17.6. The lowest BCUT2D eigenvalue weighted by molar-refractivity contribution is -0.143. The van der Waals surface area contributed by atoms with Crippen LogP contribution in [0, 0.1) is 5.92 Å². The van der Waals surface area contributed by atoms with Crippen LogP contribution in [0.2, 0.25) is 0 Å². The van der Waals surface area contributed by atoms with Crippen LogP contribution in [0.25, 0.3) is 10.9 Å². The third kappa shape index (κ3) is 8.76. The molecule has 0 fully saturated rings. The Morgan fingerprint density at radius 3 is 2.27 bits per heavy atom. The van der Waals surface area contributed by atoms with E-state index < -0.39 is 47.9 Å². The molecule has 1 aromatic carbocycles. The van der Waals surface area contributed by atoms with E-state index in [2.05, 4.69) is 33.6 Å². The smallest absolute Gasteiger partial charge is 0.326 e. The lowest BCUT2D eigenvalue weighted by Crippen LogP contribution is -2.58. The first kappa shape index (κ1) is 30.1. The van der Waals surface area contributed by atoms with Gasteiger partial charge in [-0.15, -0.1) is 0 Å². The van der Waals surface area contributed by atoms with Crippen molar-refractivity contribution in [2.45, 2.75) is 63.7 Å². The molecule has 9 N–H and O–H groups in total. The molecule has 1 heterocycles. The molecule has 204 valence electrons. The van der Waals surface area contributed by atoms with Gasteiger partial charge in [-0.1, -0.05) is 32.0 Å². The number of nitrogens with two attached hydrogens (primary N) is 2. The molecule has 1 aromatic heterocycles. The number of carbonyl (C=O) groups is 4. The number of aromatic nitrogens is 1. The summed E-state index contributed by atoms with van der Waals surface area (Å²) in [5.74, 6) is -3.20. The minimum atomic E-state index is -1.17. The Kier molecular flexibility index (Phi) is 11.9. The second-order valence-electron chi connectivity index (χ2n) is 9.33. The molecule has 0 bridgehead atoms. The van der Waals surface area contributed by atoms with Crippen molar-refractivity contribution in [2.75, 3.05) is 12.3 Å². The largest absolute Gasteiger partial charge is 0.480 e. The highest BCUT2D eigenvalue weighted by Crippen LogP contribution is 2.19. The highest BCUT2D eigenvalue weighted by atomic mass is 32.1. The molecule has 4 atom stereocenters. The van der Waals surface area contributed by atoms with E-state index in [1.807, 2.05) is 24.3 Å². The van der Waals surface area contributed by atoms with Crippen molar-refractivity contribution in [3.8, 4) is 0 Å². The molecule has 0 aliphatic heterocycles. The number of nitrogens with one attached hydrogen (secondary N) is 4. The molecular formula is C25H38N6O5S. The minimum Gasteiger partial charge on any atom is -0.480 e. The van der Waals surface area contributed by atoms with E-state index in [1.165, 1.54) is 0 Å². The number of hydrogen-bond acceptors (Lipinski definition) is 7. The lowest BCUT2D eigenvalue weighted by atomic mass is 10.0. The van der Waals surface area contributed by atoms with E-state index in [4.69, 9.17) is 11.5 Å². The molecule has 2 rings (SSSR count). The zero-order chi connectivity index (χ0) is 27.5. The number of benzene rings is 1. The monoisotopic (exact) mass is 534 g/mol. The van der Waals surface area contributed by atoms with E-state index >= 15 is 0 Å². The van der Waals surface area contributed by atoms with E-state index in [1.54, 1.807) is 20.0 Å². The number of fused-ring (bicyclic) bond motifs is 1. The third-order valence-corrected chi connectivity index (χ3v) is 6.47. The molecule has 0 aliphatic carbocycles. The maximum atomic E-state index is 13.4. The summed E-state index contributed by atoms with van der Waals surface area (Å²) in [5.41, 5.74) is 13.1. The molecule has 11 nitrogen and oxygen atoms in total. The number of thiol groups is 1. The van der Waals surface area contributed by atoms with Crippen molar-refractivity contribution in [1.82, 2.24) is 20.9 Å². The van der Waals surface area contributed by atoms with E-state index in [9.17, 15) is 24.3 Å². The van der Waals surface area contributed by atoms with Gasteiger partial charge in [-0.3, -0.25) is 14.4 Å². The van der Waals surface area contributed by atoms with E-state index in [0.29, 0.717) is 19.4 Å². The van der Waals surface area contributed by atoms with Gasteiger partial charge in [0.2, 0.25) is 17.7 Å². The zero-order valence-corrected chi connectivity index (χ0v) is 22.1. The van der Waals surface area contributed by atoms with Gasteiger partial charge in [0.15, 0.2) is 0 Å².